The van der Waals surface area contributed by atoms with Crippen LogP contribution in [0.15, 0.2) is 24.3 Å². The van der Waals surface area contributed by atoms with Crippen LogP contribution in [0.25, 0.3) is 0 Å². The van der Waals surface area contributed by atoms with Crippen molar-refractivity contribution in [2.45, 2.75) is 31.8 Å². The van der Waals surface area contributed by atoms with Gasteiger partial charge < -0.3 is 15.3 Å². The van der Waals surface area contributed by atoms with E-state index < -0.39 is 4.92 Å². The van der Waals surface area contributed by atoms with E-state index in [1.165, 1.54) is 6.07 Å². The van der Waals surface area contributed by atoms with Gasteiger partial charge in [-0.15, -0.1) is 0 Å². The molecule has 0 bridgehead atoms. The van der Waals surface area contributed by atoms with Crippen molar-refractivity contribution in [2.75, 3.05) is 25.5 Å². The largest absolute Gasteiger partial charge is 0.393 e. The first-order valence-electron chi connectivity index (χ1n) is 7.88. The number of aliphatic hydroxyl groups is 1. The molecule has 0 heterocycles. The predicted molar refractivity (Wildman–Crippen MR) is 87.2 cm³/mol. The molecule has 7 nitrogen and oxygen atoms in total. The number of nitro benzene ring substituents is 1. The second kappa shape index (κ2) is 7.92. The lowest BCUT2D eigenvalue weighted by Gasteiger charge is -2.31. The number of nitro groups is 1. The van der Waals surface area contributed by atoms with Gasteiger partial charge in [-0.3, -0.25) is 14.9 Å². The van der Waals surface area contributed by atoms with Crippen LogP contribution in [-0.4, -0.2) is 47.1 Å². The standard InChI is InChI=1S/C16H23N3O4/c1-18(11-12-6-2-5-9-15(12)20)16(21)10-17-13-7-3-4-8-14(13)19(22)23/h3-4,7-8,12,15,17,20H,2,5-6,9-11H2,1H3. The van der Waals surface area contributed by atoms with Gasteiger partial charge in [0.15, 0.2) is 0 Å². The Morgan fingerprint density at radius 1 is 1.39 bits per heavy atom. The molecule has 23 heavy (non-hydrogen) atoms. The van der Waals surface area contributed by atoms with Gasteiger partial charge in [-0.25, -0.2) is 0 Å². The number of anilines is 1. The summed E-state index contributed by atoms with van der Waals surface area (Å²) in [5, 5.41) is 23.7. The van der Waals surface area contributed by atoms with E-state index in [-0.39, 0.29) is 30.2 Å². The molecule has 0 radical (unpaired) electrons. The summed E-state index contributed by atoms with van der Waals surface area (Å²) in [5.41, 5.74) is 0.280. The summed E-state index contributed by atoms with van der Waals surface area (Å²) in [4.78, 5) is 24.2. The van der Waals surface area contributed by atoms with E-state index in [1.54, 1.807) is 30.1 Å². The van der Waals surface area contributed by atoms with E-state index in [4.69, 9.17) is 0 Å². The fraction of sp³-hybridized carbons (Fsp3) is 0.562. The number of rotatable bonds is 6. The zero-order valence-corrected chi connectivity index (χ0v) is 13.3. The Morgan fingerprint density at radius 2 is 2.09 bits per heavy atom. The maximum atomic E-state index is 12.2. The highest BCUT2D eigenvalue weighted by Gasteiger charge is 2.25. The van der Waals surface area contributed by atoms with Crippen LogP contribution >= 0.6 is 0 Å². The van der Waals surface area contributed by atoms with Crippen LogP contribution in [0.2, 0.25) is 0 Å². The first-order valence-corrected chi connectivity index (χ1v) is 7.88. The Kier molecular flexibility index (Phi) is 5.92. The molecule has 7 heteroatoms. The summed E-state index contributed by atoms with van der Waals surface area (Å²) < 4.78 is 0. The number of para-hydroxylation sites is 2. The molecule has 1 aliphatic rings. The van der Waals surface area contributed by atoms with Gasteiger partial charge in [-0.1, -0.05) is 25.0 Å². The van der Waals surface area contributed by atoms with Crippen molar-refractivity contribution in [3.8, 4) is 0 Å². The molecule has 2 unspecified atom stereocenters. The molecule has 2 atom stereocenters. The number of amides is 1. The second-order valence-corrected chi connectivity index (χ2v) is 6.01. The smallest absolute Gasteiger partial charge is 0.292 e. The minimum absolute atomic E-state index is 0.00975. The van der Waals surface area contributed by atoms with Gasteiger partial charge in [0.1, 0.15) is 5.69 Å². The van der Waals surface area contributed by atoms with Crippen molar-refractivity contribution >= 4 is 17.3 Å². The quantitative estimate of drug-likeness (QED) is 0.617. The number of carbonyl (C=O) groups is 1. The van der Waals surface area contributed by atoms with E-state index in [2.05, 4.69) is 5.32 Å². The molecule has 1 amide bonds. The molecule has 2 N–H and O–H groups in total. The monoisotopic (exact) mass is 321 g/mol. The molecule has 1 aromatic rings. The summed E-state index contributed by atoms with van der Waals surface area (Å²) >= 11 is 0. The van der Waals surface area contributed by atoms with Gasteiger partial charge in [0.2, 0.25) is 5.91 Å². The molecular formula is C16H23N3O4. The molecule has 0 aromatic heterocycles. The van der Waals surface area contributed by atoms with Gasteiger partial charge in [0, 0.05) is 25.6 Å². The number of benzene rings is 1. The van der Waals surface area contributed by atoms with E-state index in [0.29, 0.717) is 12.2 Å². The Bertz CT molecular complexity index is 564. The summed E-state index contributed by atoms with van der Waals surface area (Å²) in [6.07, 6.45) is 3.49. The first kappa shape index (κ1) is 17.2. The van der Waals surface area contributed by atoms with E-state index in [1.807, 2.05) is 0 Å². The lowest BCUT2D eigenvalue weighted by Crippen LogP contribution is -2.40. The number of nitrogens with zero attached hydrogens (tertiary/aromatic N) is 2. The first-order chi connectivity index (χ1) is 11.0. The van der Waals surface area contributed by atoms with E-state index in [0.717, 1.165) is 25.7 Å². The summed E-state index contributed by atoms with van der Waals surface area (Å²) in [6.45, 7) is 0.503. The van der Waals surface area contributed by atoms with Crippen LogP contribution in [0.3, 0.4) is 0 Å². The van der Waals surface area contributed by atoms with Crippen molar-refractivity contribution < 1.29 is 14.8 Å². The van der Waals surface area contributed by atoms with Crippen LogP contribution < -0.4 is 5.32 Å². The third-order valence-electron chi connectivity index (χ3n) is 4.33. The number of hydrogen-bond acceptors (Lipinski definition) is 5. The Morgan fingerprint density at radius 3 is 2.78 bits per heavy atom. The second-order valence-electron chi connectivity index (χ2n) is 6.01. The van der Waals surface area contributed by atoms with Crippen LogP contribution in [-0.2, 0) is 4.79 Å². The molecule has 1 aromatic carbocycles. The van der Waals surface area contributed by atoms with Crippen LogP contribution in [0.4, 0.5) is 11.4 Å². The normalized spacial score (nSPS) is 20.8. The molecule has 1 aliphatic carbocycles. The summed E-state index contributed by atoms with van der Waals surface area (Å²) in [6, 6.07) is 6.24. The topological polar surface area (TPSA) is 95.7 Å². The van der Waals surface area contributed by atoms with Crippen molar-refractivity contribution in [2.24, 2.45) is 5.92 Å². The Hall–Kier alpha value is -2.15. The van der Waals surface area contributed by atoms with Crippen LogP contribution in [0.5, 0.6) is 0 Å². The zero-order chi connectivity index (χ0) is 16.8. The van der Waals surface area contributed by atoms with E-state index in [9.17, 15) is 20.0 Å². The van der Waals surface area contributed by atoms with Crippen LogP contribution in [0, 0.1) is 16.0 Å². The van der Waals surface area contributed by atoms with Gasteiger partial charge in [-0.05, 0) is 18.9 Å². The maximum absolute atomic E-state index is 12.2. The van der Waals surface area contributed by atoms with Crippen molar-refractivity contribution in [3.05, 3.63) is 34.4 Å². The maximum Gasteiger partial charge on any atom is 0.292 e. The van der Waals surface area contributed by atoms with Gasteiger partial charge in [0.05, 0.1) is 17.6 Å². The highest BCUT2D eigenvalue weighted by Crippen LogP contribution is 2.25. The van der Waals surface area contributed by atoms with Crippen molar-refractivity contribution in [1.82, 2.24) is 4.90 Å². The predicted octanol–water partition coefficient (Wildman–Crippen LogP) is 2.02. The summed E-state index contributed by atoms with van der Waals surface area (Å²) in [7, 11) is 1.70. The lowest BCUT2D eigenvalue weighted by atomic mass is 9.86. The highest BCUT2D eigenvalue weighted by atomic mass is 16.6. The van der Waals surface area contributed by atoms with E-state index >= 15 is 0 Å². The van der Waals surface area contributed by atoms with Gasteiger partial charge >= 0.3 is 0 Å². The lowest BCUT2D eigenvalue weighted by molar-refractivity contribution is -0.383. The number of nitrogens with one attached hydrogen (secondary N) is 1. The molecule has 2 rings (SSSR count). The number of likely N-dealkylation sites (N-methyl/N-ethyl adjacent to an activating group) is 1. The third kappa shape index (κ3) is 4.66. The Balaban J connectivity index is 1.88. The minimum Gasteiger partial charge on any atom is -0.393 e. The Labute approximate surface area is 135 Å². The molecule has 0 saturated heterocycles. The summed E-state index contributed by atoms with van der Waals surface area (Å²) in [5.74, 6) is -0.0373. The average Bonchev–Trinajstić information content (AvgIpc) is 2.54. The number of hydrogen-bond donors (Lipinski definition) is 2. The third-order valence-corrected chi connectivity index (χ3v) is 4.33. The zero-order valence-electron chi connectivity index (χ0n) is 13.3. The van der Waals surface area contributed by atoms with Crippen LogP contribution in [0.1, 0.15) is 25.7 Å². The molecular weight excluding hydrogens is 298 g/mol. The fourth-order valence-corrected chi connectivity index (χ4v) is 2.94. The number of carbonyl (C=O) groups excluding carboxylic acids is 1. The SMILES string of the molecule is CN(CC1CCCCC1O)C(=O)CNc1ccccc1[N+](=O)[O-]. The fourth-order valence-electron chi connectivity index (χ4n) is 2.94. The average molecular weight is 321 g/mol. The van der Waals surface area contributed by atoms with Crippen molar-refractivity contribution in [1.29, 1.82) is 0 Å². The van der Waals surface area contributed by atoms with Gasteiger partial charge in [-0.2, -0.15) is 0 Å². The highest BCUT2D eigenvalue weighted by molar-refractivity contribution is 5.81. The molecule has 126 valence electrons. The molecule has 1 saturated carbocycles. The molecule has 0 aliphatic heterocycles. The molecule has 0 spiro atoms. The number of aliphatic hydroxyl groups excluding tert-OH is 1. The minimum atomic E-state index is -0.477. The van der Waals surface area contributed by atoms with Gasteiger partial charge in [0.25, 0.3) is 5.69 Å². The molecule has 1 fully saturated rings. The van der Waals surface area contributed by atoms with Crippen molar-refractivity contribution in [3.63, 3.8) is 0 Å².